The first-order chi connectivity index (χ1) is 18.0. The lowest BCUT2D eigenvalue weighted by molar-refractivity contribution is -0.113. The lowest BCUT2D eigenvalue weighted by Crippen LogP contribution is -2.16. The molecule has 7 nitrogen and oxygen atoms in total. The molecule has 37 heavy (non-hydrogen) atoms. The molecule has 0 radical (unpaired) electrons. The van der Waals surface area contributed by atoms with Gasteiger partial charge in [-0.05, 0) is 31.4 Å². The Morgan fingerprint density at radius 3 is 2.59 bits per heavy atom. The summed E-state index contributed by atoms with van der Waals surface area (Å²) in [6.07, 6.45) is 3.08. The van der Waals surface area contributed by atoms with Gasteiger partial charge in [0.25, 0.3) is 0 Å². The molecule has 1 aromatic carbocycles. The number of nitrogens with one attached hydrogen (secondary N) is 1. The van der Waals surface area contributed by atoms with Crippen molar-refractivity contribution in [2.45, 2.75) is 51.7 Å². The van der Waals surface area contributed by atoms with Crippen molar-refractivity contribution < 1.29 is 14.3 Å². The summed E-state index contributed by atoms with van der Waals surface area (Å²) in [6, 6.07) is 11.8. The molecule has 4 aromatic rings. The fourth-order valence-corrected chi connectivity index (χ4v) is 6.90. The van der Waals surface area contributed by atoms with Crippen LogP contribution in [0.3, 0.4) is 0 Å². The minimum absolute atomic E-state index is 0.144. The van der Waals surface area contributed by atoms with Crippen LogP contribution in [0.4, 0.5) is 5.00 Å². The number of methoxy groups -OCH3 is 1. The Morgan fingerprint density at radius 1 is 1.11 bits per heavy atom. The molecule has 0 saturated carbocycles. The molecule has 0 saturated heterocycles. The molecule has 0 aliphatic rings. The highest BCUT2D eigenvalue weighted by molar-refractivity contribution is 7.99. The third kappa shape index (κ3) is 6.14. The summed E-state index contributed by atoms with van der Waals surface area (Å²) in [7, 11) is 1.35. The molecule has 0 atom stereocenters. The standard InChI is InChI=1S/C27H30N4O3S3/c1-5-10-20-14-19(15-35-20)24-29-30-27(31(24)13-6-2)36-16-21(32)28-25-23(26(33)34-4)22(17(3)37-25)18-11-8-7-9-12-18/h7-9,11-12,14-15H,5-6,10,13,16H2,1-4H3,(H,28,32). The minimum Gasteiger partial charge on any atom is -0.465 e. The number of hydrogen-bond acceptors (Lipinski definition) is 8. The first-order valence-corrected chi connectivity index (χ1v) is 14.9. The van der Waals surface area contributed by atoms with Crippen LogP contribution in [0.25, 0.3) is 22.5 Å². The Kier molecular flexibility index (Phi) is 9.18. The van der Waals surface area contributed by atoms with Crippen molar-refractivity contribution in [1.29, 1.82) is 0 Å². The van der Waals surface area contributed by atoms with Crippen LogP contribution in [-0.2, 0) is 22.5 Å². The predicted octanol–water partition coefficient (Wildman–Crippen LogP) is 6.92. The summed E-state index contributed by atoms with van der Waals surface area (Å²) in [4.78, 5) is 28.0. The Balaban J connectivity index is 1.52. The van der Waals surface area contributed by atoms with Gasteiger partial charge in [-0.2, -0.15) is 0 Å². The van der Waals surface area contributed by atoms with Gasteiger partial charge in [-0.1, -0.05) is 62.4 Å². The van der Waals surface area contributed by atoms with Gasteiger partial charge in [0.05, 0.1) is 12.9 Å². The van der Waals surface area contributed by atoms with E-state index in [0.29, 0.717) is 15.7 Å². The normalized spacial score (nSPS) is 11.0. The van der Waals surface area contributed by atoms with E-state index in [1.54, 1.807) is 11.3 Å². The number of carbonyl (C=O) groups is 2. The van der Waals surface area contributed by atoms with Crippen molar-refractivity contribution in [1.82, 2.24) is 14.8 Å². The van der Waals surface area contributed by atoms with Crippen molar-refractivity contribution in [2.24, 2.45) is 0 Å². The third-order valence-electron chi connectivity index (χ3n) is 5.69. The molecule has 4 rings (SSSR count). The van der Waals surface area contributed by atoms with E-state index in [1.165, 1.54) is 35.1 Å². The number of aromatic nitrogens is 3. The van der Waals surface area contributed by atoms with Gasteiger partial charge >= 0.3 is 5.97 Å². The van der Waals surface area contributed by atoms with E-state index in [1.807, 2.05) is 37.3 Å². The maximum atomic E-state index is 13.0. The average molecular weight is 555 g/mol. The summed E-state index contributed by atoms with van der Waals surface area (Å²) in [6.45, 7) is 6.99. The minimum atomic E-state index is -0.475. The van der Waals surface area contributed by atoms with Crippen molar-refractivity contribution in [3.63, 3.8) is 0 Å². The number of anilines is 1. The molecular weight excluding hydrogens is 525 g/mol. The second-order valence-corrected chi connectivity index (χ2v) is 11.6. The maximum absolute atomic E-state index is 13.0. The van der Waals surface area contributed by atoms with Gasteiger partial charge in [-0.25, -0.2) is 4.79 Å². The van der Waals surface area contributed by atoms with Gasteiger partial charge in [-0.3, -0.25) is 4.79 Å². The topological polar surface area (TPSA) is 86.1 Å². The fraction of sp³-hybridized carbons (Fsp3) is 0.333. The van der Waals surface area contributed by atoms with Crippen LogP contribution >= 0.6 is 34.4 Å². The Morgan fingerprint density at radius 2 is 1.89 bits per heavy atom. The van der Waals surface area contributed by atoms with Gasteiger partial charge in [0.1, 0.15) is 10.6 Å². The van der Waals surface area contributed by atoms with Gasteiger partial charge in [0.15, 0.2) is 11.0 Å². The van der Waals surface area contributed by atoms with Crippen LogP contribution < -0.4 is 5.32 Å². The zero-order chi connectivity index (χ0) is 26.4. The number of rotatable bonds is 11. The van der Waals surface area contributed by atoms with Crippen LogP contribution in [0.5, 0.6) is 0 Å². The van der Waals surface area contributed by atoms with E-state index < -0.39 is 5.97 Å². The average Bonchev–Trinajstić information content (AvgIpc) is 3.60. The number of amides is 1. The molecule has 0 aliphatic carbocycles. The summed E-state index contributed by atoms with van der Waals surface area (Å²) < 4.78 is 7.14. The SMILES string of the molecule is CCCc1cc(-c2nnc(SCC(=O)Nc3sc(C)c(-c4ccccc4)c3C(=O)OC)n2CCC)cs1. The summed E-state index contributed by atoms with van der Waals surface area (Å²) in [5, 5.41) is 15.1. The van der Waals surface area contributed by atoms with Gasteiger partial charge < -0.3 is 14.6 Å². The van der Waals surface area contributed by atoms with Crippen molar-refractivity contribution in [3.05, 3.63) is 57.1 Å². The molecule has 0 fully saturated rings. The number of thiophene rings is 2. The molecule has 10 heteroatoms. The highest BCUT2D eigenvalue weighted by atomic mass is 32.2. The lowest BCUT2D eigenvalue weighted by Gasteiger charge is -2.09. The number of thioether (sulfide) groups is 1. The molecule has 1 amide bonds. The maximum Gasteiger partial charge on any atom is 0.341 e. The zero-order valence-corrected chi connectivity index (χ0v) is 23.8. The molecule has 0 unspecified atom stereocenters. The largest absolute Gasteiger partial charge is 0.465 e. The Labute approximate surface area is 229 Å². The number of ether oxygens (including phenoxy) is 1. The number of esters is 1. The first kappa shape index (κ1) is 27.1. The van der Waals surface area contributed by atoms with Gasteiger partial charge in [0, 0.05) is 32.8 Å². The monoisotopic (exact) mass is 554 g/mol. The van der Waals surface area contributed by atoms with E-state index >= 15 is 0 Å². The van der Waals surface area contributed by atoms with E-state index in [0.717, 1.165) is 53.2 Å². The van der Waals surface area contributed by atoms with Crippen molar-refractivity contribution in [3.8, 4) is 22.5 Å². The van der Waals surface area contributed by atoms with Crippen LogP contribution in [0.1, 0.15) is 46.8 Å². The number of carbonyl (C=O) groups excluding carboxylic acids is 2. The van der Waals surface area contributed by atoms with Crippen LogP contribution in [0.15, 0.2) is 46.9 Å². The fourth-order valence-electron chi connectivity index (χ4n) is 4.08. The summed E-state index contributed by atoms with van der Waals surface area (Å²) in [5.74, 6) is 0.281. The Bertz CT molecular complexity index is 1370. The van der Waals surface area contributed by atoms with E-state index in [9.17, 15) is 9.59 Å². The van der Waals surface area contributed by atoms with E-state index in [4.69, 9.17) is 4.74 Å². The predicted molar refractivity (Wildman–Crippen MR) is 153 cm³/mol. The molecule has 0 aliphatic heterocycles. The first-order valence-electron chi connectivity index (χ1n) is 12.2. The Hall–Kier alpha value is -2.95. The van der Waals surface area contributed by atoms with Crippen molar-refractivity contribution in [2.75, 3.05) is 18.2 Å². The quantitative estimate of drug-likeness (QED) is 0.160. The lowest BCUT2D eigenvalue weighted by atomic mass is 10.0. The highest BCUT2D eigenvalue weighted by Crippen LogP contribution is 2.40. The second kappa shape index (κ2) is 12.5. The molecular formula is C27H30N4O3S3. The number of nitrogens with zero attached hydrogens (tertiary/aromatic N) is 3. The molecule has 3 heterocycles. The van der Waals surface area contributed by atoms with Gasteiger partial charge in [-0.15, -0.1) is 32.9 Å². The molecule has 0 spiro atoms. The summed E-state index contributed by atoms with van der Waals surface area (Å²) in [5.41, 5.74) is 3.13. The summed E-state index contributed by atoms with van der Waals surface area (Å²) >= 11 is 4.46. The van der Waals surface area contributed by atoms with E-state index in [-0.39, 0.29) is 11.7 Å². The zero-order valence-electron chi connectivity index (χ0n) is 21.4. The molecule has 0 bridgehead atoms. The second-order valence-electron chi connectivity index (χ2n) is 8.44. The van der Waals surface area contributed by atoms with Crippen molar-refractivity contribution >= 4 is 51.3 Å². The molecule has 3 aromatic heterocycles. The number of aryl methyl sites for hydroxylation is 2. The molecule has 194 valence electrons. The smallest absolute Gasteiger partial charge is 0.341 e. The third-order valence-corrected chi connectivity index (χ3v) is 8.68. The van der Waals surface area contributed by atoms with Crippen LogP contribution in [0, 0.1) is 6.92 Å². The highest BCUT2D eigenvalue weighted by Gasteiger charge is 2.25. The number of hydrogen-bond donors (Lipinski definition) is 1. The van der Waals surface area contributed by atoms with Gasteiger partial charge in [0.2, 0.25) is 5.91 Å². The van der Waals surface area contributed by atoms with Crippen LogP contribution in [0.2, 0.25) is 0 Å². The van der Waals surface area contributed by atoms with Crippen LogP contribution in [-0.4, -0.2) is 39.5 Å². The van der Waals surface area contributed by atoms with E-state index in [2.05, 4.69) is 45.4 Å². The number of benzene rings is 1. The molecule has 1 N–H and O–H groups in total.